The van der Waals surface area contributed by atoms with Gasteiger partial charge in [0, 0.05) is 19.7 Å². The molecule has 35 heavy (non-hydrogen) atoms. The molecule has 0 bridgehead atoms. The van der Waals surface area contributed by atoms with Crippen molar-refractivity contribution >= 4 is 28.4 Å². The molecule has 0 fully saturated rings. The van der Waals surface area contributed by atoms with Crippen molar-refractivity contribution in [3.8, 4) is 17.2 Å². The lowest BCUT2D eigenvalue weighted by atomic mass is 10.1. The van der Waals surface area contributed by atoms with Crippen molar-refractivity contribution in [1.29, 1.82) is 0 Å². The van der Waals surface area contributed by atoms with Gasteiger partial charge in [-0.3, -0.25) is 4.79 Å². The molecule has 4 aromatic rings. The van der Waals surface area contributed by atoms with E-state index in [0.29, 0.717) is 29.0 Å². The predicted octanol–water partition coefficient (Wildman–Crippen LogP) is 3.49. The highest BCUT2D eigenvalue weighted by atomic mass is 32.2. The maximum atomic E-state index is 12.7. The first-order chi connectivity index (χ1) is 17.0. The number of aromatic nitrogens is 3. The monoisotopic (exact) mass is 493 g/mol. The normalized spacial score (nSPS) is 10.8. The molecular formula is C25H27N5O4S. The largest absolute Gasteiger partial charge is 0.497 e. The summed E-state index contributed by atoms with van der Waals surface area (Å²) >= 11 is 1.23. The van der Waals surface area contributed by atoms with Gasteiger partial charge in [-0.2, -0.15) is 0 Å². The van der Waals surface area contributed by atoms with Crippen LogP contribution >= 0.6 is 11.8 Å². The van der Waals surface area contributed by atoms with Gasteiger partial charge in [0.15, 0.2) is 5.82 Å². The molecule has 0 unspecified atom stereocenters. The molecule has 0 aliphatic heterocycles. The van der Waals surface area contributed by atoms with E-state index in [2.05, 4.69) is 16.3 Å². The average Bonchev–Trinajstić information content (AvgIpc) is 3.24. The summed E-state index contributed by atoms with van der Waals surface area (Å²) in [5.74, 6) is 8.85. The molecule has 0 aliphatic rings. The summed E-state index contributed by atoms with van der Waals surface area (Å²) in [5.41, 5.74) is 1.04. The Labute approximate surface area is 207 Å². The van der Waals surface area contributed by atoms with Crippen molar-refractivity contribution in [2.75, 3.05) is 32.9 Å². The minimum atomic E-state index is -0.0398. The lowest BCUT2D eigenvalue weighted by Crippen LogP contribution is -2.28. The molecule has 0 atom stereocenters. The Morgan fingerprint density at radius 1 is 0.971 bits per heavy atom. The molecule has 0 radical (unpaired) electrons. The number of fused-ring (bicyclic) bond motifs is 1. The number of amides is 1. The summed E-state index contributed by atoms with van der Waals surface area (Å²) in [6.45, 7) is 0.634. The van der Waals surface area contributed by atoms with E-state index < -0.39 is 0 Å². The molecule has 9 nitrogen and oxygen atoms in total. The third kappa shape index (κ3) is 5.96. The number of carbonyl (C=O) groups is 1. The zero-order valence-corrected chi connectivity index (χ0v) is 20.6. The van der Waals surface area contributed by atoms with Gasteiger partial charge < -0.3 is 25.0 Å². The van der Waals surface area contributed by atoms with Crippen molar-refractivity contribution < 1.29 is 19.0 Å². The van der Waals surface area contributed by atoms with E-state index in [1.165, 1.54) is 16.4 Å². The van der Waals surface area contributed by atoms with Crippen molar-refractivity contribution in [2.24, 2.45) is 0 Å². The summed E-state index contributed by atoms with van der Waals surface area (Å²) in [7, 11) is 5.03. The lowest BCUT2D eigenvalue weighted by molar-refractivity contribution is -0.127. The van der Waals surface area contributed by atoms with Gasteiger partial charge in [0.2, 0.25) is 11.1 Å². The standard InChI is InChI=1S/C25H27N5O4S/c1-29(14-17-7-8-19-12-21(33-3)10-9-18(19)11-17)24(31)16-35-25-28-27-23(30(25)26)15-34-22-6-4-5-20(13-22)32-2/h4-13H,14-16,26H2,1-3H3. The van der Waals surface area contributed by atoms with Crippen LogP contribution in [-0.2, 0) is 17.9 Å². The number of hydrogen-bond acceptors (Lipinski definition) is 8. The van der Waals surface area contributed by atoms with Crippen LogP contribution in [0.2, 0.25) is 0 Å². The van der Waals surface area contributed by atoms with E-state index in [4.69, 9.17) is 20.1 Å². The molecule has 0 saturated heterocycles. The Morgan fingerprint density at radius 2 is 1.69 bits per heavy atom. The Balaban J connectivity index is 1.31. The molecule has 3 aromatic carbocycles. The number of benzene rings is 3. The first kappa shape index (κ1) is 24.2. The fourth-order valence-corrected chi connectivity index (χ4v) is 4.26. The van der Waals surface area contributed by atoms with E-state index in [1.807, 2.05) is 48.5 Å². The number of rotatable bonds is 10. The topological polar surface area (TPSA) is 105 Å². The molecule has 0 spiro atoms. The first-order valence-corrected chi connectivity index (χ1v) is 11.8. The van der Waals surface area contributed by atoms with E-state index in [9.17, 15) is 4.79 Å². The first-order valence-electron chi connectivity index (χ1n) is 10.9. The number of nitrogen functional groups attached to an aromatic ring is 1. The van der Waals surface area contributed by atoms with E-state index >= 15 is 0 Å². The molecule has 4 rings (SSSR count). The number of nitrogens with two attached hydrogens (primary N) is 1. The Morgan fingerprint density at radius 3 is 2.49 bits per heavy atom. The Hall–Kier alpha value is -3.92. The van der Waals surface area contributed by atoms with Crippen LogP contribution in [0.4, 0.5) is 0 Å². The highest BCUT2D eigenvalue weighted by molar-refractivity contribution is 7.99. The number of hydrogen-bond donors (Lipinski definition) is 1. The van der Waals surface area contributed by atoms with Gasteiger partial charge in [-0.25, -0.2) is 4.68 Å². The van der Waals surface area contributed by atoms with Crippen LogP contribution in [-0.4, -0.2) is 52.7 Å². The molecule has 0 saturated carbocycles. The van der Waals surface area contributed by atoms with Crippen LogP contribution in [0.3, 0.4) is 0 Å². The smallest absolute Gasteiger partial charge is 0.233 e. The van der Waals surface area contributed by atoms with Crippen LogP contribution in [0, 0.1) is 0 Å². The second-order valence-electron chi connectivity index (χ2n) is 7.82. The fraction of sp³-hybridized carbons (Fsp3) is 0.240. The van der Waals surface area contributed by atoms with Gasteiger partial charge >= 0.3 is 0 Å². The maximum Gasteiger partial charge on any atom is 0.233 e. The number of thioether (sulfide) groups is 1. The minimum Gasteiger partial charge on any atom is -0.497 e. The van der Waals surface area contributed by atoms with Gasteiger partial charge in [0.1, 0.15) is 23.9 Å². The molecule has 1 heterocycles. The maximum absolute atomic E-state index is 12.7. The third-order valence-corrected chi connectivity index (χ3v) is 6.35. The van der Waals surface area contributed by atoms with Crippen LogP contribution < -0.4 is 20.1 Å². The molecule has 1 aromatic heterocycles. The minimum absolute atomic E-state index is 0.0398. The van der Waals surface area contributed by atoms with Gasteiger partial charge in [0.05, 0.1) is 20.0 Å². The van der Waals surface area contributed by atoms with Gasteiger partial charge in [-0.15, -0.1) is 10.2 Å². The highest BCUT2D eigenvalue weighted by Gasteiger charge is 2.15. The Kier molecular flexibility index (Phi) is 7.61. The van der Waals surface area contributed by atoms with E-state index in [-0.39, 0.29) is 18.3 Å². The number of methoxy groups -OCH3 is 2. The quantitative estimate of drug-likeness (QED) is 0.264. The second kappa shape index (κ2) is 11.0. The SMILES string of the molecule is COc1cccc(OCc2nnc(SCC(=O)N(C)Cc3ccc4cc(OC)ccc4c3)n2N)c1. The second-order valence-corrected chi connectivity index (χ2v) is 8.76. The zero-order chi connectivity index (χ0) is 24.8. The molecule has 2 N–H and O–H groups in total. The van der Waals surface area contributed by atoms with Crippen molar-refractivity contribution in [3.05, 3.63) is 72.1 Å². The van der Waals surface area contributed by atoms with E-state index in [0.717, 1.165) is 22.1 Å². The van der Waals surface area contributed by atoms with Crippen LogP contribution in [0.25, 0.3) is 10.8 Å². The zero-order valence-electron chi connectivity index (χ0n) is 19.8. The third-order valence-electron chi connectivity index (χ3n) is 5.43. The number of ether oxygens (including phenoxy) is 3. The van der Waals surface area contributed by atoms with Crippen molar-refractivity contribution in [2.45, 2.75) is 18.3 Å². The number of carbonyl (C=O) groups excluding carboxylic acids is 1. The summed E-state index contributed by atoms with van der Waals surface area (Å²) in [6.07, 6.45) is 0. The fourth-order valence-electron chi connectivity index (χ4n) is 3.44. The Bertz CT molecular complexity index is 1330. The summed E-state index contributed by atoms with van der Waals surface area (Å²) in [5, 5.41) is 10.8. The highest BCUT2D eigenvalue weighted by Crippen LogP contribution is 2.23. The lowest BCUT2D eigenvalue weighted by Gasteiger charge is -2.17. The van der Waals surface area contributed by atoms with Gasteiger partial charge in [0.25, 0.3) is 0 Å². The molecule has 0 aliphatic carbocycles. The summed E-state index contributed by atoms with van der Waals surface area (Å²) < 4.78 is 17.5. The van der Waals surface area contributed by atoms with Crippen molar-refractivity contribution in [3.63, 3.8) is 0 Å². The molecule has 182 valence electrons. The molecule has 1 amide bonds. The molecular weight excluding hydrogens is 466 g/mol. The summed E-state index contributed by atoms with van der Waals surface area (Å²) in [4.78, 5) is 14.4. The summed E-state index contributed by atoms with van der Waals surface area (Å²) in [6, 6.07) is 19.3. The van der Waals surface area contributed by atoms with Crippen molar-refractivity contribution in [1.82, 2.24) is 19.8 Å². The van der Waals surface area contributed by atoms with E-state index in [1.54, 1.807) is 32.2 Å². The number of nitrogens with zero attached hydrogens (tertiary/aromatic N) is 4. The predicted molar refractivity (Wildman–Crippen MR) is 135 cm³/mol. The van der Waals surface area contributed by atoms with Crippen LogP contribution in [0.15, 0.2) is 65.8 Å². The van der Waals surface area contributed by atoms with Gasteiger partial charge in [-0.1, -0.05) is 36.0 Å². The average molecular weight is 494 g/mol. The van der Waals surface area contributed by atoms with Crippen LogP contribution in [0.5, 0.6) is 17.2 Å². The molecule has 10 heteroatoms. The van der Waals surface area contributed by atoms with Crippen LogP contribution in [0.1, 0.15) is 11.4 Å². The van der Waals surface area contributed by atoms with Gasteiger partial charge in [-0.05, 0) is 46.7 Å².